The summed E-state index contributed by atoms with van der Waals surface area (Å²) in [7, 11) is 1.12. The van der Waals surface area contributed by atoms with Crippen molar-refractivity contribution < 1.29 is 42.1 Å². The Morgan fingerprint density at radius 2 is 0.725 bits per heavy atom. The Morgan fingerprint density at radius 3 is 1.11 bits per heavy atom. The molecule has 0 fully saturated rings. The zero-order valence-electron chi connectivity index (χ0n) is 52.5. The van der Waals surface area contributed by atoms with E-state index in [4.69, 9.17) is 18.5 Å². The van der Waals surface area contributed by atoms with Gasteiger partial charge in [0.15, 0.2) is 6.10 Å². The third-order valence-corrected chi connectivity index (χ3v) is 15.1. The van der Waals surface area contributed by atoms with Crippen molar-refractivity contribution in [1.29, 1.82) is 0 Å². The summed E-state index contributed by atoms with van der Waals surface area (Å²) in [5, 5.41) is 0. The standard InChI is InChI=1S/C70H124NO8P/c1-6-8-10-12-14-16-18-20-22-24-26-28-30-31-32-33-34-35-36-37-38-39-41-42-44-46-48-50-52-54-56-58-60-62-69(72)76-66-68(67-78-80(74,75)77-65-64-71(3,4)5)79-70(73)63-61-59-57-55-53-51-49-47-45-43-40-29-27-25-23-21-19-17-15-13-11-9-7-2/h9,11,15,17,21,23-24,26-27,29,43,45,49,51,55,57,68H,6-8,10,12-14,16,18-20,22,25,28,30-42,44,46-48,50,52-54,56,58-67H2,1-5H3/b11-9-,17-15-,23-21-,26-24-,29-27-,45-43-,51-49-,57-55-. The number of hydrogen-bond acceptors (Lipinski definition) is 8. The summed E-state index contributed by atoms with van der Waals surface area (Å²) < 4.78 is 34.2. The van der Waals surface area contributed by atoms with Crippen molar-refractivity contribution in [2.45, 2.75) is 290 Å². The number of phosphoric acid groups is 1. The molecule has 2 atom stereocenters. The maximum absolute atomic E-state index is 12.8. The number of esters is 2. The molecule has 0 aliphatic rings. The highest BCUT2D eigenvalue weighted by molar-refractivity contribution is 7.45. The van der Waals surface area contributed by atoms with Crippen LogP contribution in [0.3, 0.4) is 0 Å². The molecule has 80 heavy (non-hydrogen) atoms. The lowest BCUT2D eigenvalue weighted by Crippen LogP contribution is -2.37. The number of unbranched alkanes of at least 4 members (excludes halogenated alkanes) is 30. The maximum atomic E-state index is 12.8. The number of nitrogens with zero attached hydrogens (tertiary/aromatic N) is 1. The van der Waals surface area contributed by atoms with E-state index in [1.165, 1.54) is 180 Å². The summed E-state index contributed by atoms with van der Waals surface area (Å²) in [5.74, 6) is -0.899. The number of phosphoric ester groups is 1. The normalized spacial score (nSPS) is 13.8. The average molecular weight is 1140 g/mol. The van der Waals surface area contributed by atoms with Gasteiger partial charge in [-0.05, 0) is 89.9 Å². The van der Waals surface area contributed by atoms with Gasteiger partial charge < -0.3 is 27.9 Å². The van der Waals surface area contributed by atoms with Crippen molar-refractivity contribution in [3.8, 4) is 0 Å². The minimum absolute atomic E-state index is 0.0455. The summed E-state index contributed by atoms with van der Waals surface area (Å²) in [6.45, 7) is 4.08. The molecule has 0 heterocycles. The highest BCUT2D eigenvalue weighted by Gasteiger charge is 2.22. The van der Waals surface area contributed by atoms with Crippen LogP contribution in [0.25, 0.3) is 0 Å². The van der Waals surface area contributed by atoms with E-state index >= 15 is 0 Å². The third-order valence-electron chi connectivity index (χ3n) is 14.1. The number of carbonyl (C=O) groups is 2. The van der Waals surface area contributed by atoms with Gasteiger partial charge in [0.25, 0.3) is 7.82 Å². The van der Waals surface area contributed by atoms with E-state index in [0.717, 1.165) is 64.2 Å². The van der Waals surface area contributed by atoms with Crippen LogP contribution in [0.4, 0.5) is 0 Å². The van der Waals surface area contributed by atoms with Crippen LogP contribution in [-0.4, -0.2) is 70.0 Å². The lowest BCUT2D eigenvalue weighted by atomic mass is 10.0. The van der Waals surface area contributed by atoms with Crippen LogP contribution in [0.5, 0.6) is 0 Å². The molecular formula is C70H124NO8P. The molecule has 9 nitrogen and oxygen atoms in total. The SMILES string of the molecule is CC/C=C\C/C=C\C/C=C\C/C=C\C/C=C\C/C=C\C/C=C\CCCC(=O)OC(COC(=O)CCCCCCCCCCCCCCCCCCCCCCC/C=C\CCCCCCCCCC)COP(=O)([O-])OCC[N+](C)(C)C. The van der Waals surface area contributed by atoms with Crippen molar-refractivity contribution in [2.24, 2.45) is 0 Å². The highest BCUT2D eigenvalue weighted by Crippen LogP contribution is 2.38. The Balaban J connectivity index is 4.10. The summed E-state index contributed by atoms with van der Waals surface area (Å²) in [4.78, 5) is 37.9. The first-order chi connectivity index (χ1) is 39.0. The van der Waals surface area contributed by atoms with E-state index in [-0.39, 0.29) is 26.1 Å². The van der Waals surface area contributed by atoms with E-state index in [2.05, 4.69) is 105 Å². The first-order valence-corrected chi connectivity index (χ1v) is 34.4. The third kappa shape index (κ3) is 64.1. The van der Waals surface area contributed by atoms with Crippen molar-refractivity contribution >= 4 is 19.8 Å². The predicted octanol–water partition coefficient (Wildman–Crippen LogP) is 20.5. The topological polar surface area (TPSA) is 111 Å². The summed E-state index contributed by atoms with van der Waals surface area (Å²) in [5.41, 5.74) is 0. The quantitative estimate of drug-likeness (QED) is 0.0195. The Labute approximate surface area is 493 Å². The molecule has 462 valence electrons. The van der Waals surface area contributed by atoms with Gasteiger partial charge in [0.05, 0.1) is 27.7 Å². The second kappa shape index (κ2) is 60.5. The Bertz CT molecular complexity index is 1670. The molecule has 0 saturated heterocycles. The van der Waals surface area contributed by atoms with E-state index < -0.39 is 32.5 Å². The van der Waals surface area contributed by atoms with E-state index in [9.17, 15) is 19.0 Å². The fraction of sp³-hybridized carbons (Fsp3) is 0.743. The van der Waals surface area contributed by atoms with Gasteiger partial charge in [-0.15, -0.1) is 0 Å². The number of ether oxygens (including phenoxy) is 2. The molecule has 2 unspecified atom stereocenters. The van der Waals surface area contributed by atoms with E-state index in [0.29, 0.717) is 23.9 Å². The first kappa shape index (κ1) is 76.9. The number of carbonyl (C=O) groups excluding carboxylic acids is 2. The number of rotatable bonds is 60. The number of likely N-dealkylation sites (N-methyl/N-ethyl adjacent to an activating group) is 1. The molecule has 0 saturated carbocycles. The molecule has 10 heteroatoms. The Hall–Kier alpha value is -3.07. The Kier molecular flexibility index (Phi) is 58.2. The highest BCUT2D eigenvalue weighted by atomic mass is 31.2. The monoisotopic (exact) mass is 1140 g/mol. The lowest BCUT2D eigenvalue weighted by molar-refractivity contribution is -0.870. The zero-order valence-corrected chi connectivity index (χ0v) is 53.4. The van der Waals surface area contributed by atoms with Gasteiger partial charge >= 0.3 is 11.9 Å². The van der Waals surface area contributed by atoms with Crippen LogP contribution in [0.15, 0.2) is 97.2 Å². The number of hydrogen-bond donors (Lipinski definition) is 0. The van der Waals surface area contributed by atoms with Gasteiger partial charge in [0.1, 0.15) is 19.8 Å². The second-order valence-corrected chi connectivity index (χ2v) is 24.5. The van der Waals surface area contributed by atoms with E-state index in [1.54, 1.807) is 0 Å². The summed E-state index contributed by atoms with van der Waals surface area (Å²) in [6.07, 6.45) is 83.6. The van der Waals surface area contributed by atoms with Crippen molar-refractivity contribution in [1.82, 2.24) is 0 Å². The molecule has 0 aliphatic carbocycles. The number of quaternary nitrogens is 1. The van der Waals surface area contributed by atoms with Gasteiger partial charge in [-0.3, -0.25) is 14.2 Å². The molecule has 0 amide bonds. The largest absolute Gasteiger partial charge is 0.756 e. The molecule has 0 spiro atoms. The summed E-state index contributed by atoms with van der Waals surface area (Å²) >= 11 is 0. The molecular weight excluding hydrogens is 1010 g/mol. The van der Waals surface area contributed by atoms with Crippen molar-refractivity contribution in [3.05, 3.63) is 97.2 Å². The van der Waals surface area contributed by atoms with Gasteiger partial charge in [-0.25, -0.2) is 0 Å². The van der Waals surface area contributed by atoms with Crippen LogP contribution in [-0.2, 0) is 32.7 Å². The molecule has 0 aromatic rings. The van der Waals surface area contributed by atoms with Gasteiger partial charge in [0, 0.05) is 12.8 Å². The predicted molar refractivity (Wildman–Crippen MR) is 342 cm³/mol. The summed E-state index contributed by atoms with van der Waals surface area (Å²) in [6, 6.07) is 0. The molecule has 0 aromatic heterocycles. The molecule has 0 aliphatic heterocycles. The molecule has 0 N–H and O–H groups in total. The molecule has 0 radical (unpaired) electrons. The van der Waals surface area contributed by atoms with Gasteiger partial charge in [0.2, 0.25) is 0 Å². The fourth-order valence-corrected chi connectivity index (χ4v) is 9.78. The average Bonchev–Trinajstić information content (AvgIpc) is 3.42. The Morgan fingerprint density at radius 1 is 0.400 bits per heavy atom. The van der Waals surface area contributed by atoms with Gasteiger partial charge in [-0.1, -0.05) is 278 Å². The zero-order chi connectivity index (χ0) is 58.4. The van der Waals surface area contributed by atoms with Crippen molar-refractivity contribution in [3.63, 3.8) is 0 Å². The smallest absolute Gasteiger partial charge is 0.306 e. The van der Waals surface area contributed by atoms with E-state index in [1.807, 2.05) is 27.2 Å². The molecule has 0 aromatic carbocycles. The van der Waals surface area contributed by atoms with Crippen LogP contribution in [0, 0.1) is 0 Å². The maximum Gasteiger partial charge on any atom is 0.306 e. The van der Waals surface area contributed by atoms with Crippen LogP contribution >= 0.6 is 7.82 Å². The van der Waals surface area contributed by atoms with Crippen LogP contribution < -0.4 is 4.89 Å². The van der Waals surface area contributed by atoms with Gasteiger partial charge in [-0.2, -0.15) is 0 Å². The number of allylic oxidation sites excluding steroid dienone is 16. The van der Waals surface area contributed by atoms with Crippen LogP contribution in [0.2, 0.25) is 0 Å². The fourth-order valence-electron chi connectivity index (χ4n) is 9.05. The second-order valence-electron chi connectivity index (χ2n) is 23.1. The lowest BCUT2D eigenvalue weighted by Gasteiger charge is -2.28. The molecule has 0 rings (SSSR count). The van der Waals surface area contributed by atoms with Crippen LogP contribution in [0.1, 0.15) is 284 Å². The minimum Gasteiger partial charge on any atom is -0.756 e. The minimum atomic E-state index is -4.66. The molecule has 0 bridgehead atoms. The first-order valence-electron chi connectivity index (χ1n) is 32.9. The van der Waals surface area contributed by atoms with Crippen molar-refractivity contribution in [2.75, 3.05) is 47.5 Å².